The second-order valence-corrected chi connectivity index (χ2v) is 4.57. The van der Waals surface area contributed by atoms with Crippen molar-refractivity contribution < 1.29 is 9.84 Å². The predicted octanol–water partition coefficient (Wildman–Crippen LogP) is 2.49. The van der Waals surface area contributed by atoms with E-state index in [9.17, 15) is 5.11 Å². The van der Waals surface area contributed by atoms with Crippen molar-refractivity contribution in [2.75, 3.05) is 7.11 Å². The van der Waals surface area contributed by atoms with Crippen molar-refractivity contribution in [3.63, 3.8) is 0 Å². The summed E-state index contributed by atoms with van der Waals surface area (Å²) in [6, 6.07) is 5.05. The number of phenolic OH excluding ortho intramolecular Hbond substituents is 1. The summed E-state index contributed by atoms with van der Waals surface area (Å²) in [7, 11) is 1.50. The molecule has 0 saturated carbocycles. The van der Waals surface area contributed by atoms with Gasteiger partial charge in [0.15, 0.2) is 17.3 Å². The van der Waals surface area contributed by atoms with E-state index in [0.29, 0.717) is 10.5 Å². The van der Waals surface area contributed by atoms with Gasteiger partial charge in [-0.05, 0) is 42.4 Å². The number of aryl methyl sites for hydroxylation is 1. The summed E-state index contributed by atoms with van der Waals surface area (Å²) < 4.78 is 7.02. The smallest absolute Gasteiger partial charge is 0.216 e. The van der Waals surface area contributed by atoms with Crippen molar-refractivity contribution in [3.8, 4) is 11.5 Å². The Hall–Kier alpha value is -2.15. The molecule has 0 aliphatic rings. The van der Waals surface area contributed by atoms with E-state index in [0.717, 1.165) is 24.2 Å². The fourth-order valence-corrected chi connectivity index (χ4v) is 1.94. The van der Waals surface area contributed by atoms with Gasteiger partial charge in [-0.1, -0.05) is 6.92 Å². The van der Waals surface area contributed by atoms with Crippen LogP contribution >= 0.6 is 12.2 Å². The number of methoxy groups -OCH3 is 1. The van der Waals surface area contributed by atoms with Crippen LogP contribution in [0.3, 0.4) is 0 Å². The zero-order valence-corrected chi connectivity index (χ0v) is 12.1. The van der Waals surface area contributed by atoms with Crippen LogP contribution in [0.5, 0.6) is 11.5 Å². The standard InChI is InChI=1S/C13H16N4O2S/c1-3-4-12-15-16-13(20)17(12)14-8-9-5-6-11(19-2)10(18)7-9/h5-8,18H,3-4H2,1-2H3,(H,16,20)/b14-8-. The number of benzene rings is 1. The van der Waals surface area contributed by atoms with Gasteiger partial charge in [-0.3, -0.25) is 5.10 Å². The van der Waals surface area contributed by atoms with Crippen LogP contribution in [0, 0.1) is 4.77 Å². The minimum atomic E-state index is 0.0704. The number of hydrogen-bond donors (Lipinski definition) is 2. The molecule has 6 nitrogen and oxygen atoms in total. The number of hydrogen-bond acceptors (Lipinski definition) is 5. The Labute approximate surface area is 121 Å². The third kappa shape index (κ3) is 3.05. The lowest BCUT2D eigenvalue weighted by Gasteiger charge is -2.03. The van der Waals surface area contributed by atoms with Gasteiger partial charge in [0, 0.05) is 6.42 Å². The molecule has 0 aliphatic heterocycles. The van der Waals surface area contributed by atoms with E-state index in [-0.39, 0.29) is 5.75 Å². The van der Waals surface area contributed by atoms with Crippen molar-refractivity contribution in [2.24, 2.45) is 5.10 Å². The quantitative estimate of drug-likeness (QED) is 0.656. The van der Waals surface area contributed by atoms with Crippen molar-refractivity contribution in [3.05, 3.63) is 34.4 Å². The van der Waals surface area contributed by atoms with Crippen molar-refractivity contribution in [2.45, 2.75) is 19.8 Å². The maximum Gasteiger partial charge on any atom is 0.216 e. The van der Waals surface area contributed by atoms with E-state index in [1.165, 1.54) is 7.11 Å². The minimum Gasteiger partial charge on any atom is -0.504 e. The molecule has 0 amide bonds. The highest BCUT2D eigenvalue weighted by molar-refractivity contribution is 7.71. The fourth-order valence-electron chi connectivity index (χ4n) is 1.74. The SMILES string of the molecule is CCCc1n[nH]c(=S)n1/N=C\c1ccc(OC)c(O)c1. The molecule has 0 spiro atoms. The molecule has 0 radical (unpaired) electrons. The van der Waals surface area contributed by atoms with E-state index < -0.39 is 0 Å². The molecule has 0 saturated heterocycles. The summed E-state index contributed by atoms with van der Waals surface area (Å²) in [6.07, 6.45) is 3.36. The van der Waals surface area contributed by atoms with Crippen LogP contribution in [-0.2, 0) is 6.42 Å². The molecule has 1 aromatic heterocycles. The number of aromatic amines is 1. The molecule has 1 aromatic carbocycles. The Morgan fingerprint density at radius 2 is 2.35 bits per heavy atom. The van der Waals surface area contributed by atoms with Crippen LogP contribution < -0.4 is 4.74 Å². The van der Waals surface area contributed by atoms with Crippen LogP contribution in [0.1, 0.15) is 24.7 Å². The largest absolute Gasteiger partial charge is 0.504 e. The summed E-state index contributed by atoms with van der Waals surface area (Å²) in [5.74, 6) is 1.28. The monoisotopic (exact) mass is 292 g/mol. The zero-order chi connectivity index (χ0) is 14.5. The number of H-pyrrole nitrogens is 1. The normalized spacial score (nSPS) is 11.1. The van der Waals surface area contributed by atoms with Crippen LogP contribution in [-0.4, -0.2) is 33.3 Å². The van der Waals surface area contributed by atoms with Gasteiger partial charge in [0.05, 0.1) is 13.3 Å². The molecule has 1 heterocycles. The van der Waals surface area contributed by atoms with Crippen molar-refractivity contribution in [1.82, 2.24) is 14.9 Å². The highest BCUT2D eigenvalue weighted by Crippen LogP contribution is 2.25. The molecule has 0 aliphatic carbocycles. The molecule has 0 fully saturated rings. The average molecular weight is 292 g/mol. The zero-order valence-electron chi connectivity index (χ0n) is 11.3. The molecular weight excluding hydrogens is 276 g/mol. The number of phenols is 1. The molecule has 106 valence electrons. The number of rotatable bonds is 5. The highest BCUT2D eigenvalue weighted by Gasteiger charge is 2.04. The maximum atomic E-state index is 9.71. The van der Waals surface area contributed by atoms with E-state index >= 15 is 0 Å². The molecule has 7 heteroatoms. The van der Waals surface area contributed by atoms with Crippen LogP contribution in [0.4, 0.5) is 0 Å². The Morgan fingerprint density at radius 3 is 3.00 bits per heavy atom. The number of ether oxygens (including phenoxy) is 1. The second-order valence-electron chi connectivity index (χ2n) is 4.18. The molecule has 0 unspecified atom stereocenters. The molecule has 0 bridgehead atoms. The van der Waals surface area contributed by atoms with Gasteiger partial charge in [-0.2, -0.15) is 14.9 Å². The summed E-state index contributed by atoms with van der Waals surface area (Å²) >= 11 is 5.13. The summed E-state index contributed by atoms with van der Waals surface area (Å²) in [5.41, 5.74) is 0.744. The minimum absolute atomic E-state index is 0.0704. The first-order chi connectivity index (χ1) is 9.65. The topological polar surface area (TPSA) is 75.4 Å². The van der Waals surface area contributed by atoms with Gasteiger partial charge in [-0.15, -0.1) is 0 Å². The average Bonchev–Trinajstić information content (AvgIpc) is 2.78. The summed E-state index contributed by atoms with van der Waals surface area (Å²) in [5, 5.41) is 20.8. The van der Waals surface area contributed by atoms with Crippen molar-refractivity contribution >= 4 is 18.4 Å². The van der Waals surface area contributed by atoms with Crippen molar-refractivity contribution in [1.29, 1.82) is 0 Å². The van der Waals surface area contributed by atoms with Gasteiger partial charge in [-0.25, -0.2) is 0 Å². The number of aromatic hydroxyl groups is 1. The molecule has 2 N–H and O–H groups in total. The van der Waals surface area contributed by atoms with Gasteiger partial charge in [0.1, 0.15) is 0 Å². The fraction of sp³-hybridized carbons (Fsp3) is 0.308. The van der Waals surface area contributed by atoms with E-state index in [1.807, 2.05) is 0 Å². The van der Waals surface area contributed by atoms with Gasteiger partial charge in [0.2, 0.25) is 4.77 Å². The lowest BCUT2D eigenvalue weighted by molar-refractivity contribution is 0.373. The highest BCUT2D eigenvalue weighted by atomic mass is 32.1. The molecular formula is C13H16N4O2S. The first-order valence-electron chi connectivity index (χ1n) is 6.23. The van der Waals surface area contributed by atoms with E-state index in [1.54, 1.807) is 29.1 Å². The lowest BCUT2D eigenvalue weighted by Crippen LogP contribution is -1.98. The van der Waals surface area contributed by atoms with Crippen LogP contribution in [0.2, 0.25) is 0 Å². The Morgan fingerprint density at radius 1 is 1.55 bits per heavy atom. The third-order valence-electron chi connectivity index (χ3n) is 2.72. The molecule has 0 atom stereocenters. The Kier molecular flexibility index (Phi) is 4.52. The first-order valence-corrected chi connectivity index (χ1v) is 6.64. The molecule has 20 heavy (non-hydrogen) atoms. The number of aromatic nitrogens is 3. The lowest BCUT2D eigenvalue weighted by atomic mass is 10.2. The van der Waals surface area contributed by atoms with Gasteiger partial charge in [0.25, 0.3) is 0 Å². The van der Waals surface area contributed by atoms with E-state index in [2.05, 4.69) is 22.2 Å². The number of nitrogens with zero attached hydrogens (tertiary/aromatic N) is 3. The van der Waals surface area contributed by atoms with Gasteiger partial charge < -0.3 is 9.84 Å². The molecule has 2 aromatic rings. The predicted molar refractivity (Wildman–Crippen MR) is 79.1 cm³/mol. The second kappa shape index (κ2) is 6.33. The maximum absolute atomic E-state index is 9.71. The summed E-state index contributed by atoms with van der Waals surface area (Å²) in [6.45, 7) is 2.06. The van der Waals surface area contributed by atoms with Crippen LogP contribution in [0.15, 0.2) is 23.3 Å². The number of nitrogens with one attached hydrogen (secondary N) is 1. The third-order valence-corrected chi connectivity index (χ3v) is 2.98. The summed E-state index contributed by atoms with van der Waals surface area (Å²) in [4.78, 5) is 0. The first kappa shape index (κ1) is 14.3. The Balaban J connectivity index is 2.27. The van der Waals surface area contributed by atoms with E-state index in [4.69, 9.17) is 17.0 Å². The Bertz CT molecular complexity index is 675. The van der Waals surface area contributed by atoms with Crippen LogP contribution in [0.25, 0.3) is 0 Å². The van der Waals surface area contributed by atoms with Gasteiger partial charge >= 0.3 is 0 Å². The molecule has 2 rings (SSSR count).